The number of furan rings is 1. The van der Waals surface area contributed by atoms with Crippen molar-refractivity contribution in [3.05, 3.63) is 24.2 Å². The van der Waals surface area contributed by atoms with Crippen molar-refractivity contribution in [2.24, 2.45) is 0 Å². The number of aliphatic hydroxyl groups is 1. The van der Waals surface area contributed by atoms with Gasteiger partial charge >= 0.3 is 0 Å². The van der Waals surface area contributed by atoms with E-state index in [4.69, 9.17) is 9.15 Å². The van der Waals surface area contributed by atoms with Gasteiger partial charge < -0.3 is 19.6 Å². The fraction of sp³-hybridized carbons (Fsp3) is 0.692. The highest BCUT2D eigenvalue weighted by Crippen LogP contribution is 2.20. The van der Waals surface area contributed by atoms with Crippen molar-refractivity contribution in [3.63, 3.8) is 0 Å². The van der Waals surface area contributed by atoms with E-state index < -0.39 is 6.10 Å². The van der Waals surface area contributed by atoms with Gasteiger partial charge in [-0.2, -0.15) is 0 Å². The molecular formula is C13H21NO3. The van der Waals surface area contributed by atoms with Crippen molar-refractivity contribution in [1.29, 1.82) is 0 Å². The zero-order chi connectivity index (χ0) is 11.9. The van der Waals surface area contributed by atoms with Gasteiger partial charge in [-0.15, -0.1) is 0 Å². The van der Waals surface area contributed by atoms with Gasteiger partial charge in [0.2, 0.25) is 0 Å². The highest BCUT2D eigenvalue weighted by atomic mass is 16.5. The van der Waals surface area contributed by atoms with Crippen LogP contribution in [-0.4, -0.2) is 30.9 Å². The van der Waals surface area contributed by atoms with E-state index in [0.29, 0.717) is 18.4 Å². The summed E-state index contributed by atoms with van der Waals surface area (Å²) in [6.45, 7) is 1.99. The zero-order valence-electron chi connectivity index (χ0n) is 10.1. The molecule has 1 heterocycles. The van der Waals surface area contributed by atoms with E-state index in [1.165, 1.54) is 25.7 Å². The zero-order valence-corrected chi connectivity index (χ0v) is 10.1. The van der Waals surface area contributed by atoms with E-state index >= 15 is 0 Å². The monoisotopic (exact) mass is 239 g/mol. The molecule has 1 atom stereocenters. The Morgan fingerprint density at radius 2 is 2.29 bits per heavy atom. The maximum atomic E-state index is 9.72. The summed E-state index contributed by atoms with van der Waals surface area (Å²) in [5.41, 5.74) is 0. The Hall–Kier alpha value is -0.840. The summed E-state index contributed by atoms with van der Waals surface area (Å²) in [7, 11) is 0. The number of aliphatic hydroxyl groups excluding tert-OH is 1. The molecule has 0 aliphatic heterocycles. The summed E-state index contributed by atoms with van der Waals surface area (Å²) in [5, 5.41) is 12.9. The first kappa shape index (κ1) is 12.6. The highest BCUT2D eigenvalue weighted by Gasteiger charge is 2.14. The molecule has 4 heteroatoms. The number of ether oxygens (including phenoxy) is 1. The van der Waals surface area contributed by atoms with Crippen molar-refractivity contribution in [2.45, 2.75) is 37.9 Å². The molecule has 1 unspecified atom stereocenters. The second kappa shape index (κ2) is 6.79. The minimum Gasteiger partial charge on any atom is -0.467 e. The van der Waals surface area contributed by atoms with E-state index in [1.807, 2.05) is 0 Å². The van der Waals surface area contributed by atoms with Crippen LogP contribution in [0.25, 0.3) is 0 Å². The van der Waals surface area contributed by atoms with Crippen LogP contribution in [0.2, 0.25) is 0 Å². The van der Waals surface area contributed by atoms with Crippen LogP contribution < -0.4 is 5.32 Å². The van der Waals surface area contributed by atoms with E-state index in [9.17, 15) is 5.11 Å². The average molecular weight is 239 g/mol. The summed E-state index contributed by atoms with van der Waals surface area (Å²) in [6, 6.07) is 3.56. The van der Waals surface area contributed by atoms with Crippen molar-refractivity contribution < 1.29 is 14.3 Å². The summed E-state index contributed by atoms with van der Waals surface area (Å²) in [6.07, 6.45) is 6.47. The molecule has 0 radical (unpaired) electrons. The molecular weight excluding hydrogens is 218 g/mol. The van der Waals surface area contributed by atoms with E-state index in [0.717, 1.165) is 13.2 Å². The van der Waals surface area contributed by atoms with Crippen LogP contribution in [0.15, 0.2) is 22.8 Å². The van der Waals surface area contributed by atoms with Crippen LogP contribution in [0.4, 0.5) is 0 Å². The van der Waals surface area contributed by atoms with Crippen molar-refractivity contribution in [3.8, 4) is 0 Å². The summed E-state index contributed by atoms with van der Waals surface area (Å²) in [4.78, 5) is 0. The smallest absolute Gasteiger partial charge is 0.133 e. The Morgan fingerprint density at radius 3 is 3.00 bits per heavy atom. The molecule has 1 aliphatic rings. The SMILES string of the molecule is OC(CNCCOC1CCCC1)c1ccco1. The van der Waals surface area contributed by atoms with Gasteiger partial charge in [0.05, 0.1) is 19.0 Å². The maximum Gasteiger partial charge on any atom is 0.133 e. The largest absolute Gasteiger partial charge is 0.467 e. The lowest BCUT2D eigenvalue weighted by Gasteiger charge is -2.12. The maximum absolute atomic E-state index is 9.72. The predicted octanol–water partition coefficient (Wildman–Crippen LogP) is 1.86. The normalized spacial score (nSPS) is 18.6. The molecule has 0 aromatic carbocycles. The fourth-order valence-electron chi connectivity index (χ4n) is 2.17. The van der Waals surface area contributed by atoms with E-state index in [2.05, 4.69) is 5.32 Å². The molecule has 1 aliphatic carbocycles. The van der Waals surface area contributed by atoms with Gasteiger partial charge in [0.1, 0.15) is 11.9 Å². The molecule has 0 amide bonds. The van der Waals surface area contributed by atoms with Gasteiger partial charge in [-0.1, -0.05) is 12.8 Å². The second-order valence-electron chi connectivity index (χ2n) is 4.51. The number of rotatable bonds is 7. The molecule has 4 nitrogen and oxygen atoms in total. The molecule has 2 N–H and O–H groups in total. The molecule has 1 aromatic heterocycles. The minimum atomic E-state index is -0.573. The lowest BCUT2D eigenvalue weighted by molar-refractivity contribution is 0.0578. The first-order chi connectivity index (χ1) is 8.36. The number of nitrogens with one attached hydrogen (secondary N) is 1. The molecule has 1 fully saturated rings. The van der Waals surface area contributed by atoms with Gasteiger partial charge in [0.25, 0.3) is 0 Å². The van der Waals surface area contributed by atoms with Gasteiger partial charge in [-0.25, -0.2) is 0 Å². The van der Waals surface area contributed by atoms with Gasteiger partial charge in [0, 0.05) is 13.1 Å². The fourth-order valence-corrected chi connectivity index (χ4v) is 2.17. The van der Waals surface area contributed by atoms with Crippen LogP contribution in [-0.2, 0) is 4.74 Å². The first-order valence-electron chi connectivity index (χ1n) is 6.40. The lowest BCUT2D eigenvalue weighted by Crippen LogP contribution is -2.26. The Bertz CT molecular complexity index is 294. The summed E-state index contributed by atoms with van der Waals surface area (Å²) >= 11 is 0. The quantitative estimate of drug-likeness (QED) is 0.713. The molecule has 0 saturated heterocycles. The topological polar surface area (TPSA) is 54.6 Å². The summed E-state index contributed by atoms with van der Waals surface area (Å²) in [5.74, 6) is 0.606. The summed E-state index contributed by atoms with van der Waals surface area (Å²) < 4.78 is 10.8. The van der Waals surface area contributed by atoms with Gasteiger partial charge in [0.15, 0.2) is 0 Å². The average Bonchev–Trinajstić information content (AvgIpc) is 3.01. The highest BCUT2D eigenvalue weighted by molar-refractivity contribution is 5.01. The van der Waals surface area contributed by atoms with Gasteiger partial charge in [-0.3, -0.25) is 0 Å². The number of hydrogen-bond donors (Lipinski definition) is 2. The lowest BCUT2D eigenvalue weighted by atomic mass is 10.3. The molecule has 2 rings (SSSR count). The van der Waals surface area contributed by atoms with E-state index in [-0.39, 0.29) is 0 Å². The van der Waals surface area contributed by atoms with Crippen molar-refractivity contribution in [2.75, 3.05) is 19.7 Å². The minimum absolute atomic E-state index is 0.465. The molecule has 1 aromatic rings. The Balaban J connectivity index is 1.51. The molecule has 0 bridgehead atoms. The van der Waals surface area contributed by atoms with Crippen LogP contribution in [0.5, 0.6) is 0 Å². The first-order valence-corrected chi connectivity index (χ1v) is 6.40. The Labute approximate surface area is 102 Å². The van der Waals surface area contributed by atoms with Crippen LogP contribution in [0.1, 0.15) is 37.5 Å². The third-order valence-electron chi connectivity index (χ3n) is 3.14. The van der Waals surface area contributed by atoms with Crippen molar-refractivity contribution >= 4 is 0 Å². The second-order valence-corrected chi connectivity index (χ2v) is 4.51. The van der Waals surface area contributed by atoms with Crippen LogP contribution >= 0.6 is 0 Å². The van der Waals surface area contributed by atoms with Gasteiger partial charge in [-0.05, 0) is 25.0 Å². The third-order valence-corrected chi connectivity index (χ3v) is 3.14. The predicted molar refractivity (Wildman–Crippen MR) is 64.7 cm³/mol. The number of hydrogen-bond acceptors (Lipinski definition) is 4. The van der Waals surface area contributed by atoms with Crippen molar-refractivity contribution in [1.82, 2.24) is 5.32 Å². The Morgan fingerprint density at radius 1 is 1.47 bits per heavy atom. The molecule has 1 saturated carbocycles. The van der Waals surface area contributed by atoms with Crippen LogP contribution in [0, 0.1) is 0 Å². The Kier molecular flexibility index (Phi) is 5.04. The molecule has 96 valence electrons. The molecule has 0 spiro atoms. The third kappa shape index (κ3) is 4.15. The standard InChI is InChI=1S/C13H21NO3/c15-12(13-6-3-8-17-13)10-14-7-9-16-11-4-1-2-5-11/h3,6,8,11-12,14-15H,1-2,4-5,7,9-10H2. The molecule has 17 heavy (non-hydrogen) atoms. The van der Waals surface area contributed by atoms with E-state index in [1.54, 1.807) is 18.4 Å². The van der Waals surface area contributed by atoms with Crippen LogP contribution in [0.3, 0.4) is 0 Å².